The van der Waals surface area contributed by atoms with E-state index in [0.29, 0.717) is 23.4 Å². The molecule has 0 radical (unpaired) electrons. The third-order valence-corrected chi connectivity index (χ3v) is 4.26. The van der Waals surface area contributed by atoms with Crippen LogP contribution < -0.4 is 10.9 Å². The Morgan fingerprint density at radius 2 is 2.00 bits per heavy atom. The highest BCUT2D eigenvalue weighted by Crippen LogP contribution is 2.20. The lowest BCUT2D eigenvalue weighted by Gasteiger charge is -2.09. The van der Waals surface area contributed by atoms with Crippen LogP contribution in [0.5, 0.6) is 0 Å². The Morgan fingerprint density at radius 1 is 1.27 bits per heavy atom. The Hall–Kier alpha value is -2.08. The maximum atomic E-state index is 11.9. The zero-order valence-corrected chi connectivity index (χ0v) is 13.2. The van der Waals surface area contributed by atoms with Crippen LogP contribution in [0.4, 0.5) is 10.5 Å². The largest absolute Gasteiger partial charge is 0.423 e. The van der Waals surface area contributed by atoms with Gasteiger partial charge in [0.05, 0.1) is 0 Å². The molecule has 0 spiro atoms. The summed E-state index contributed by atoms with van der Waals surface area (Å²) in [4.78, 5) is 34.5. The van der Waals surface area contributed by atoms with Gasteiger partial charge in [-0.05, 0) is 18.2 Å². The molecule has 0 aliphatic rings. The Kier molecular flexibility index (Phi) is 5.38. The van der Waals surface area contributed by atoms with Gasteiger partial charge in [-0.3, -0.25) is 9.59 Å². The number of hydrogen-bond acceptors (Lipinski definition) is 5. The van der Waals surface area contributed by atoms with Gasteiger partial charge in [-0.2, -0.15) is 0 Å². The van der Waals surface area contributed by atoms with E-state index in [1.807, 2.05) is 13.8 Å². The molecule has 5 nitrogen and oxygen atoms in total. The fraction of sp³-hybridized carbons (Fsp3) is 0.312. The van der Waals surface area contributed by atoms with E-state index in [1.54, 1.807) is 24.3 Å². The van der Waals surface area contributed by atoms with Crippen LogP contribution >= 0.6 is 11.8 Å². The maximum Gasteiger partial charge on any atom is 0.336 e. The first-order chi connectivity index (χ1) is 10.5. The topological polar surface area (TPSA) is 76.4 Å². The Morgan fingerprint density at radius 3 is 2.73 bits per heavy atom. The maximum absolute atomic E-state index is 11.9. The molecule has 0 bridgehead atoms. The van der Waals surface area contributed by atoms with Crippen LogP contribution in [0.25, 0.3) is 11.0 Å². The highest BCUT2D eigenvalue weighted by atomic mass is 32.2. The van der Waals surface area contributed by atoms with Gasteiger partial charge in [0.1, 0.15) is 11.4 Å². The predicted molar refractivity (Wildman–Crippen MR) is 88.4 cm³/mol. The van der Waals surface area contributed by atoms with Crippen molar-refractivity contribution in [2.24, 2.45) is 5.92 Å². The number of fused-ring (bicyclic) bond motifs is 1. The number of Topliss-reactive ketones (excluding diaryl/α,β-unsaturated/α-hetero) is 1. The number of ketones is 1. The summed E-state index contributed by atoms with van der Waals surface area (Å²) in [5.74, 6) is 0.449. The van der Waals surface area contributed by atoms with E-state index in [4.69, 9.17) is 4.42 Å². The minimum absolute atomic E-state index is 0.143. The summed E-state index contributed by atoms with van der Waals surface area (Å²) in [6.07, 6.45) is 0.479. The first-order valence-corrected chi connectivity index (χ1v) is 7.98. The molecule has 0 saturated carbocycles. The average Bonchev–Trinajstić information content (AvgIpc) is 2.51. The lowest BCUT2D eigenvalue weighted by molar-refractivity contribution is -0.121. The van der Waals surface area contributed by atoms with Crippen molar-refractivity contribution in [3.63, 3.8) is 0 Å². The van der Waals surface area contributed by atoms with Crippen LogP contribution in [0.2, 0.25) is 0 Å². The number of thioether (sulfide) groups is 1. The minimum Gasteiger partial charge on any atom is -0.423 e. The number of carbonyl (C=O) groups is 2. The smallest absolute Gasteiger partial charge is 0.336 e. The molecule has 1 amide bonds. The standard InChI is InChI=1S/C16H17NO4S/c1-3-13(18)10(2)9-22-16(20)17-12-6-4-11-5-7-15(19)21-14(11)8-12/h4-8,10H,3,9H2,1-2H3,(H,17,20). The van der Waals surface area contributed by atoms with Crippen LogP contribution in [0, 0.1) is 5.92 Å². The highest BCUT2D eigenvalue weighted by molar-refractivity contribution is 8.13. The van der Waals surface area contributed by atoms with Crippen molar-refractivity contribution in [1.82, 2.24) is 0 Å². The molecule has 2 rings (SSSR count). The third kappa shape index (κ3) is 4.21. The number of rotatable bonds is 5. The second kappa shape index (κ2) is 7.26. The number of amides is 1. The van der Waals surface area contributed by atoms with Gasteiger partial charge in [-0.25, -0.2) is 4.79 Å². The Balaban J connectivity index is 1.99. The lowest BCUT2D eigenvalue weighted by atomic mass is 10.1. The van der Waals surface area contributed by atoms with E-state index in [-0.39, 0.29) is 16.9 Å². The van der Waals surface area contributed by atoms with Gasteiger partial charge >= 0.3 is 5.63 Å². The summed E-state index contributed by atoms with van der Waals surface area (Å²) in [5, 5.41) is 3.26. The normalized spacial score (nSPS) is 12.1. The van der Waals surface area contributed by atoms with Crippen molar-refractivity contribution in [1.29, 1.82) is 0 Å². The third-order valence-electron chi connectivity index (χ3n) is 3.23. The zero-order valence-electron chi connectivity index (χ0n) is 12.4. The van der Waals surface area contributed by atoms with E-state index >= 15 is 0 Å². The Bertz CT molecular complexity index is 753. The summed E-state index contributed by atoms with van der Waals surface area (Å²) in [6, 6.07) is 8.13. The van der Waals surface area contributed by atoms with Gasteiger partial charge in [0.15, 0.2) is 0 Å². The van der Waals surface area contributed by atoms with Crippen LogP contribution in [0.15, 0.2) is 39.5 Å². The number of carbonyl (C=O) groups excluding carboxylic acids is 2. The molecule has 2 aromatic rings. The second-order valence-corrected chi connectivity index (χ2v) is 5.94. The SMILES string of the molecule is CCC(=O)C(C)CSC(=O)Nc1ccc2ccc(=O)oc2c1. The number of benzene rings is 1. The molecule has 0 aliphatic heterocycles. The summed E-state index contributed by atoms with van der Waals surface area (Å²) in [6.45, 7) is 3.63. The van der Waals surface area contributed by atoms with Crippen LogP contribution in [-0.2, 0) is 4.79 Å². The van der Waals surface area contributed by atoms with E-state index in [9.17, 15) is 14.4 Å². The molecule has 1 aromatic carbocycles. The Labute approximate surface area is 132 Å². The number of anilines is 1. The van der Waals surface area contributed by atoms with Crippen LogP contribution in [0.1, 0.15) is 20.3 Å². The number of nitrogens with one attached hydrogen (secondary N) is 1. The molecule has 1 N–H and O–H groups in total. The van der Waals surface area contributed by atoms with E-state index in [2.05, 4.69) is 5.32 Å². The minimum atomic E-state index is -0.433. The molecule has 1 unspecified atom stereocenters. The summed E-state index contributed by atoms with van der Waals surface area (Å²) in [7, 11) is 0. The molecule has 0 saturated heterocycles. The molecule has 22 heavy (non-hydrogen) atoms. The molecular weight excluding hydrogens is 302 g/mol. The highest BCUT2D eigenvalue weighted by Gasteiger charge is 2.13. The summed E-state index contributed by atoms with van der Waals surface area (Å²) < 4.78 is 5.07. The first kappa shape index (κ1) is 16.3. The second-order valence-electron chi connectivity index (χ2n) is 4.95. The molecule has 1 heterocycles. The molecule has 0 fully saturated rings. The van der Waals surface area contributed by atoms with Gasteiger partial charge < -0.3 is 9.73 Å². The zero-order chi connectivity index (χ0) is 16.1. The van der Waals surface area contributed by atoms with Gasteiger partial charge in [0.25, 0.3) is 5.24 Å². The predicted octanol–water partition coefficient (Wildman–Crippen LogP) is 3.67. The van der Waals surface area contributed by atoms with Gasteiger partial charge in [-0.1, -0.05) is 25.6 Å². The molecule has 1 aromatic heterocycles. The van der Waals surface area contributed by atoms with E-state index in [1.165, 1.54) is 6.07 Å². The van der Waals surface area contributed by atoms with E-state index < -0.39 is 5.63 Å². The van der Waals surface area contributed by atoms with Crippen molar-refractivity contribution in [3.05, 3.63) is 40.8 Å². The molecule has 1 atom stereocenters. The fourth-order valence-corrected chi connectivity index (χ4v) is 2.71. The molecular formula is C16H17NO4S. The first-order valence-electron chi connectivity index (χ1n) is 7.00. The number of hydrogen-bond donors (Lipinski definition) is 1. The summed E-state index contributed by atoms with van der Waals surface area (Å²) >= 11 is 1.07. The van der Waals surface area contributed by atoms with E-state index in [0.717, 1.165) is 17.1 Å². The molecule has 116 valence electrons. The molecule has 6 heteroatoms. The van der Waals surface area contributed by atoms with Crippen molar-refractivity contribution in [3.8, 4) is 0 Å². The quantitative estimate of drug-likeness (QED) is 0.851. The van der Waals surface area contributed by atoms with Crippen molar-refractivity contribution in [2.75, 3.05) is 11.1 Å². The van der Waals surface area contributed by atoms with Gasteiger partial charge in [0.2, 0.25) is 0 Å². The van der Waals surface area contributed by atoms with Gasteiger partial charge in [0, 0.05) is 41.3 Å². The average molecular weight is 319 g/mol. The van der Waals surface area contributed by atoms with Crippen molar-refractivity contribution < 1.29 is 14.0 Å². The monoisotopic (exact) mass is 319 g/mol. The van der Waals surface area contributed by atoms with Crippen LogP contribution in [0.3, 0.4) is 0 Å². The molecule has 0 aliphatic carbocycles. The fourth-order valence-electron chi connectivity index (χ4n) is 1.93. The van der Waals surface area contributed by atoms with Gasteiger partial charge in [-0.15, -0.1) is 0 Å². The van der Waals surface area contributed by atoms with Crippen molar-refractivity contribution >= 4 is 39.4 Å². The van der Waals surface area contributed by atoms with Crippen molar-refractivity contribution in [2.45, 2.75) is 20.3 Å². The summed E-state index contributed by atoms with van der Waals surface area (Å²) in [5.41, 5.74) is 0.538. The lowest BCUT2D eigenvalue weighted by Crippen LogP contribution is -2.15. The van der Waals surface area contributed by atoms with Crippen LogP contribution in [-0.4, -0.2) is 16.8 Å².